The maximum atomic E-state index is 13.1. The summed E-state index contributed by atoms with van der Waals surface area (Å²) in [6, 6.07) is 2.11. The van der Waals surface area contributed by atoms with Gasteiger partial charge >= 0.3 is 0 Å². The lowest BCUT2D eigenvalue weighted by atomic mass is 10.0. The Morgan fingerprint density at radius 2 is 1.93 bits per heavy atom. The van der Waals surface area contributed by atoms with E-state index in [1.54, 1.807) is 0 Å². The number of carbonyl (C=O) groups is 1. The lowest BCUT2D eigenvalue weighted by molar-refractivity contribution is 0.101. The number of halogens is 3. The number of hydrogen-bond donors (Lipinski definition) is 0. The van der Waals surface area contributed by atoms with E-state index in [-0.39, 0.29) is 16.9 Å². The molecule has 0 atom stereocenters. The molecule has 0 radical (unpaired) electrons. The van der Waals surface area contributed by atoms with Gasteiger partial charge in [-0.3, -0.25) is 4.79 Å². The van der Waals surface area contributed by atoms with Gasteiger partial charge in [-0.2, -0.15) is 0 Å². The summed E-state index contributed by atoms with van der Waals surface area (Å²) in [5.41, 5.74) is -0.412. The molecule has 0 aliphatic rings. The summed E-state index contributed by atoms with van der Waals surface area (Å²) < 4.78 is 37.7. The monoisotopic (exact) mass is 202 g/mol. The third-order valence-corrected chi connectivity index (χ3v) is 1.96. The van der Waals surface area contributed by atoms with Crippen LogP contribution in [0.5, 0.6) is 0 Å². The topological polar surface area (TPSA) is 17.1 Å². The summed E-state index contributed by atoms with van der Waals surface area (Å²) in [6.07, 6.45) is -2.85. The quantitative estimate of drug-likeness (QED) is 0.672. The Kier molecular flexibility index (Phi) is 2.93. The summed E-state index contributed by atoms with van der Waals surface area (Å²) in [7, 11) is 0. The first-order chi connectivity index (χ1) is 6.43. The van der Waals surface area contributed by atoms with Crippen LogP contribution in [0.15, 0.2) is 12.1 Å². The molecule has 14 heavy (non-hydrogen) atoms. The molecule has 0 saturated carbocycles. The predicted molar refractivity (Wildman–Crippen MR) is 46.1 cm³/mol. The minimum absolute atomic E-state index is 0.102. The van der Waals surface area contributed by atoms with Crippen LogP contribution in [-0.4, -0.2) is 5.78 Å². The van der Waals surface area contributed by atoms with E-state index >= 15 is 0 Å². The normalized spacial score (nSPS) is 10.7. The van der Waals surface area contributed by atoms with E-state index in [1.165, 1.54) is 19.9 Å². The molecule has 0 N–H and O–H groups in total. The second-order valence-electron chi connectivity index (χ2n) is 3.05. The number of alkyl halides is 2. The Balaban J connectivity index is 3.32. The van der Waals surface area contributed by atoms with Gasteiger partial charge in [-0.05, 0) is 31.5 Å². The van der Waals surface area contributed by atoms with Crippen LogP contribution >= 0.6 is 0 Å². The van der Waals surface area contributed by atoms with Crippen LogP contribution in [0, 0.1) is 12.7 Å². The van der Waals surface area contributed by atoms with Crippen LogP contribution in [0.4, 0.5) is 13.2 Å². The average Bonchev–Trinajstić information content (AvgIpc) is 2.01. The minimum atomic E-state index is -2.85. The van der Waals surface area contributed by atoms with Crippen molar-refractivity contribution >= 4 is 5.78 Å². The first-order valence-corrected chi connectivity index (χ1v) is 4.02. The third kappa shape index (κ3) is 1.95. The Hall–Kier alpha value is -1.32. The van der Waals surface area contributed by atoms with E-state index in [0.717, 1.165) is 6.07 Å². The Labute approximate surface area is 79.5 Å². The van der Waals surface area contributed by atoms with E-state index < -0.39 is 17.8 Å². The Bertz CT molecular complexity index is 349. The highest BCUT2D eigenvalue weighted by molar-refractivity contribution is 5.94. The highest BCUT2D eigenvalue weighted by Gasteiger charge is 2.17. The molecule has 0 saturated heterocycles. The zero-order valence-electron chi connectivity index (χ0n) is 7.77. The summed E-state index contributed by atoms with van der Waals surface area (Å²) >= 11 is 0. The molecule has 0 spiro atoms. The SMILES string of the molecule is CC(=O)c1cc(C)c(C(F)F)c(F)c1. The van der Waals surface area contributed by atoms with Crippen LogP contribution in [0.2, 0.25) is 0 Å². The van der Waals surface area contributed by atoms with Crippen molar-refractivity contribution in [3.05, 3.63) is 34.6 Å². The van der Waals surface area contributed by atoms with Crippen molar-refractivity contribution < 1.29 is 18.0 Å². The molecule has 0 aromatic heterocycles. The molecule has 0 fully saturated rings. The third-order valence-electron chi connectivity index (χ3n) is 1.96. The van der Waals surface area contributed by atoms with Crippen molar-refractivity contribution in [2.75, 3.05) is 0 Å². The lowest BCUT2D eigenvalue weighted by Crippen LogP contribution is -2.00. The van der Waals surface area contributed by atoms with Gasteiger partial charge in [0.05, 0.1) is 5.56 Å². The van der Waals surface area contributed by atoms with Crippen molar-refractivity contribution in [2.24, 2.45) is 0 Å². The van der Waals surface area contributed by atoms with Crippen LogP contribution in [0.1, 0.15) is 34.8 Å². The zero-order chi connectivity index (χ0) is 10.9. The number of aryl methyl sites for hydroxylation is 1. The second kappa shape index (κ2) is 3.82. The van der Waals surface area contributed by atoms with Crippen molar-refractivity contribution in [1.82, 2.24) is 0 Å². The number of Topliss-reactive ketones (excluding diaryl/α,β-unsaturated/α-hetero) is 1. The Morgan fingerprint density at radius 3 is 2.29 bits per heavy atom. The smallest absolute Gasteiger partial charge is 0.266 e. The van der Waals surface area contributed by atoms with Crippen LogP contribution < -0.4 is 0 Å². The molecule has 1 nitrogen and oxygen atoms in total. The van der Waals surface area contributed by atoms with Gasteiger partial charge in [-0.15, -0.1) is 0 Å². The fourth-order valence-corrected chi connectivity index (χ4v) is 1.23. The van der Waals surface area contributed by atoms with Gasteiger partial charge in [0.25, 0.3) is 6.43 Å². The maximum absolute atomic E-state index is 13.1. The minimum Gasteiger partial charge on any atom is -0.295 e. The maximum Gasteiger partial charge on any atom is 0.266 e. The number of rotatable bonds is 2. The average molecular weight is 202 g/mol. The van der Waals surface area contributed by atoms with Gasteiger partial charge in [-0.1, -0.05) is 0 Å². The Morgan fingerprint density at radius 1 is 1.36 bits per heavy atom. The van der Waals surface area contributed by atoms with Crippen LogP contribution in [0.3, 0.4) is 0 Å². The van der Waals surface area contributed by atoms with Crippen molar-refractivity contribution in [3.63, 3.8) is 0 Å². The number of benzene rings is 1. The molecule has 0 amide bonds. The van der Waals surface area contributed by atoms with E-state index in [1.807, 2.05) is 0 Å². The molecular formula is C10H9F3O. The van der Waals surface area contributed by atoms with Crippen molar-refractivity contribution in [1.29, 1.82) is 0 Å². The molecule has 4 heteroatoms. The summed E-state index contributed by atoms with van der Waals surface area (Å²) in [5.74, 6) is -1.36. The molecule has 0 aliphatic carbocycles. The first kappa shape index (κ1) is 10.8. The largest absolute Gasteiger partial charge is 0.295 e. The van der Waals surface area contributed by atoms with Gasteiger partial charge in [0.1, 0.15) is 5.82 Å². The summed E-state index contributed by atoms with van der Waals surface area (Å²) in [5, 5.41) is 0. The molecule has 76 valence electrons. The highest BCUT2D eigenvalue weighted by atomic mass is 19.3. The van der Waals surface area contributed by atoms with Gasteiger partial charge in [-0.25, -0.2) is 13.2 Å². The molecule has 1 rings (SSSR count). The number of hydrogen-bond acceptors (Lipinski definition) is 1. The molecule has 0 heterocycles. The molecule has 0 aliphatic heterocycles. The second-order valence-corrected chi connectivity index (χ2v) is 3.05. The van der Waals surface area contributed by atoms with Crippen LogP contribution in [0.25, 0.3) is 0 Å². The van der Waals surface area contributed by atoms with E-state index in [0.29, 0.717) is 0 Å². The van der Waals surface area contributed by atoms with Gasteiger partial charge < -0.3 is 0 Å². The van der Waals surface area contributed by atoms with Gasteiger partial charge in [0, 0.05) is 5.56 Å². The molecule has 0 bridgehead atoms. The zero-order valence-corrected chi connectivity index (χ0v) is 7.77. The van der Waals surface area contributed by atoms with Crippen molar-refractivity contribution in [2.45, 2.75) is 20.3 Å². The predicted octanol–water partition coefficient (Wildman–Crippen LogP) is 3.27. The van der Waals surface area contributed by atoms with Crippen molar-refractivity contribution in [3.8, 4) is 0 Å². The van der Waals surface area contributed by atoms with E-state index in [4.69, 9.17) is 0 Å². The molecule has 1 aromatic rings. The molecule has 0 unspecified atom stereocenters. The fourth-order valence-electron chi connectivity index (χ4n) is 1.23. The van der Waals surface area contributed by atoms with E-state index in [2.05, 4.69) is 0 Å². The standard InChI is InChI=1S/C10H9F3O/c1-5-3-7(6(2)14)4-8(11)9(5)10(12)13/h3-4,10H,1-2H3. The van der Waals surface area contributed by atoms with Gasteiger partial charge in [0.2, 0.25) is 0 Å². The first-order valence-electron chi connectivity index (χ1n) is 4.02. The summed E-state index contributed by atoms with van der Waals surface area (Å²) in [6.45, 7) is 2.62. The number of ketones is 1. The van der Waals surface area contributed by atoms with Crippen LogP contribution in [-0.2, 0) is 0 Å². The van der Waals surface area contributed by atoms with Gasteiger partial charge in [0.15, 0.2) is 5.78 Å². The number of carbonyl (C=O) groups excluding carboxylic acids is 1. The van der Waals surface area contributed by atoms with E-state index in [9.17, 15) is 18.0 Å². The summed E-state index contributed by atoms with van der Waals surface area (Å²) in [4.78, 5) is 10.9. The molecular weight excluding hydrogens is 193 g/mol. The fraction of sp³-hybridized carbons (Fsp3) is 0.300. The lowest BCUT2D eigenvalue weighted by Gasteiger charge is -2.07. The molecule has 1 aromatic carbocycles. The highest BCUT2D eigenvalue weighted by Crippen LogP contribution is 2.26.